The third-order valence-corrected chi connectivity index (χ3v) is 3.05. The van der Waals surface area contributed by atoms with E-state index in [9.17, 15) is 0 Å². The number of aromatic nitrogens is 3. The van der Waals surface area contributed by atoms with Crippen LogP contribution in [-0.2, 0) is 13.1 Å². The van der Waals surface area contributed by atoms with Gasteiger partial charge in [0.05, 0.1) is 6.54 Å². The molecule has 0 fully saturated rings. The molecule has 5 heteroatoms. The molecule has 1 aromatic carbocycles. The molecular formula is C16H24N4O. The van der Waals surface area contributed by atoms with Gasteiger partial charge in [0.15, 0.2) is 0 Å². The molecule has 1 heterocycles. The van der Waals surface area contributed by atoms with Crippen LogP contribution < -0.4 is 10.1 Å². The Balaban J connectivity index is 1.69. The summed E-state index contributed by atoms with van der Waals surface area (Å²) in [6.45, 7) is 9.45. The third kappa shape index (κ3) is 5.19. The van der Waals surface area contributed by atoms with Gasteiger partial charge in [0, 0.05) is 13.1 Å². The second-order valence-corrected chi connectivity index (χ2v) is 5.59. The zero-order valence-electron chi connectivity index (χ0n) is 13.0. The maximum Gasteiger partial charge on any atom is 0.140 e. The zero-order valence-corrected chi connectivity index (χ0v) is 13.0. The number of hydrogen-bond acceptors (Lipinski definition) is 4. The van der Waals surface area contributed by atoms with Crippen molar-refractivity contribution in [3.63, 3.8) is 0 Å². The van der Waals surface area contributed by atoms with E-state index in [2.05, 4.69) is 42.2 Å². The van der Waals surface area contributed by atoms with Crippen LogP contribution in [0.1, 0.15) is 25.2 Å². The number of benzene rings is 1. The molecule has 1 aromatic heterocycles. The van der Waals surface area contributed by atoms with E-state index in [0.29, 0.717) is 19.1 Å². The number of ether oxygens (including phenoxy) is 1. The topological polar surface area (TPSA) is 52.0 Å². The highest BCUT2D eigenvalue weighted by Crippen LogP contribution is 2.11. The normalized spacial score (nSPS) is 11.0. The first kappa shape index (κ1) is 15.5. The third-order valence-electron chi connectivity index (χ3n) is 3.05. The Morgan fingerprint density at radius 2 is 2.19 bits per heavy atom. The summed E-state index contributed by atoms with van der Waals surface area (Å²) in [7, 11) is 0. The Morgan fingerprint density at radius 3 is 2.95 bits per heavy atom. The second-order valence-electron chi connectivity index (χ2n) is 5.59. The van der Waals surface area contributed by atoms with Crippen molar-refractivity contribution in [2.45, 2.75) is 33.9 Å². The van der Waals surface area contributed by atoms with Gasteiger partial charge in [-0.05, 0) is 30.5 Å². The molecule has 0 bridgehead atoms. The number of aryl methyl sites for hydroxylation is 1. The minimum Gasteiger partial charge on any atom is -0.492 e. The van der Waals surface area contributed by atoms with E-state index < -0.39 is 0 Å². The van der Waals surface area contributed by atoms with Crippen molar-refractivity contribution < 1.29 is 4.74 Å². The molecule has 21 heavy (non-hydrogen) atoms. The SMILES string of the molecule is Cc1cccc(OCCNCc2ncnn2CC(C)C)c1. The van der Waals surface area contributed by atoms with E-state index in [0.717, 1.165) is 24.7 Å². The molecule has 0 radical (unpaired) electrons. The fourth-order valence-electron chi connectivity index (χ4n) is 2.07. The molecule has 0 saturated carbocycles. The molecule has 5 nitrogen and oxygen atoms in total. The largest absolute Gasteiger partial charge is 0.492 e. The van der Waals surface area contributed by atoms with Crippen molar-refractivity contribution in [2.75, 3.05) is 13.2 Å². The van der Waals surface area contributed by atoms with Gasteiger partial charge in [-0.3, -0.25) is 0 Å². The average Bonchev–Trinajstić information content (AvgIpc) is 2.85. The van der Waals surface area contributed by atoms with Gasteiger partial charge >= 0.3 is 0 Å². The summed E-state index contributed by atoms with van der Waals surface area (Å²) < 4.78 is 7.65. The molecule has 0 amide bonds. The lowest BCUT2D eigenvalue weighted by Crippen LogP contribution is -2.23. The first-order valence-corrected chi connectivity index (χ1v) is 7.42. The summed E-state index contributed by atoms with van der Waals surface area (Å²) in [5.41, 5.74) is 1.21. The van der Waals surface area contributed by atoms with Gasteiger partial charge in [0.1, 0.15) is 24.5 Å². The van der Waals surface area contributed by atoms with Gasteiger partial charge in [-0.2, -0.15) is 5.10 Å². The van der Waals surface area contributed by atoms with Crippen molar-refractivity contribution in [1.29, 1.82) is 0 Å². The molecule has 0 saturated heterocycles. The van der Waals surface area contributed by atoms with Crippen molar-refractivity contribution >= 4 is 0 Å². The molecular weight excluding hydrogens is 264 g/mol. The van der Waals surface area contributed by atoms with Crippen LogP contribution in [0.5, 0.6) is 5.75 Å². The van der Waals surface area contributed by atoms with E-state index in [1.165, 1.54) is 5.56 Å². The molecule has 0 aliphatic carbocycles. The van der Waals surface area contributed by atoms with E-state index in [1.807, 2.05) is 22.9 Å². The summed E-state index contributed by atoms with van der Waals surface area (Å²) in [4.78, 5) is 4.29. The van der Waals surface area contributed by atoms with Gasteiger partial charge in [0.25, 0.3) is 0 Å². The molecule has 2 aromatic rings. The molecule has 0 aliphatic rings. The molecule has 114 valence electrons. The van der Waals surface area contributed by atoms with Crippen LogP contribution in [0, 0.1) is 12.8 Å². The zero-order chi connectivity index (χ0) is 15.1. The Labute approximate surface area is 126 Å². The van der Waals surface area contributed by atoms with Crippen molar-refractivity contribution in [3.05, 3.63) is 42.0 Å². The van der Waals surface area contributed by atoms with Crippen LogP contribution in [0.2, 0.25) is 0 Å². The van der Waals surface area contributed by atoms with Crippen LogP contribution in [0.3, 0.4) is 0 Å². The molecule has 0 spiro atoms. The van der Waals surface area contributed by atoms with E-state index in [4.69, 9.17) is 4.74 Å². The highest BCUT2D eigenvalue weighted by Gasteiger charge is 2.05. The molecule has 0 atom stereocenters. The van der Waals surface area contributed by atoms with Crippen LogP contribution in [-0.4, -0.2) is 27.9 Å². The smallest absolute Gasteiger partial charge is 0.140 e. The van der Waals surface area contributed by atoms with Gasteiger partial charge in [0.2, 0.25) is 0 Å². The van der Waals surface area contributed by atoms with Crippen LogP contribution in [0.15, 0.2) is 30.6 Å². The highest BCUT2D eigenvalue weighted by molar-refractivity contribution is 5.27. The first-order valence-electron chi connectivity index (χ1n) is 7.42. The fourth-order valence-corrected chi connectivity index (χ4v) is 2.07. The van der Waals surface area contributed by atoms with Gasteiger partial charge in [-0.25, -0.2) is 9.67 Å². The predicted octanol–water partition coefficient (Wildman–Crippen LogP) is 2.41. The Bertz CT molecular complexity index is 551. The van der Waals surface area contributed by atoms with Crippen molar-refractivity contribution in [1.82, 2.24) is 20.1 Å². The number of nitrogens with one attached hydrogen (secondary N) is 1. The lowest BCUT2D eigenvalue weighted by Gasteiger charge is -2.10. The maximum atomic E-state index is 5.70. The Kier molecular flexibility index (Phi) is 5.75. The van der Waals surface area contributed by atoms with Crippen molar-refractivity contribution in [2.24, 2.45) is 5.92 Å². The molecule has 1 N–H and O–H groups in total. The van der Waals surface area contributed by atoms with Crippen LogP contribution in [0.4, 0.5) is 0 Å². The monoisotopic (exact) mass is 288 g/mol. The van der Waals surface area contributed by atoms with Gasteiger partial charge in [-0.1, -0.05) is 26.0 Å². The molecule has 0 unspecified atom stereocenters. The average molecular weight is 288 g/mol. The minimum absolute atomic E-state index is 0.565. The van der Waals surface area contributed by atoms with E-state index in [-0.39, 0.29) is 0 Å². The summed E-state index contributed by atoms with van der Waals surface area (Å²) >= 11 is 0. The van der Waals surface area contributed by atoms with Crippen LogP contribution >= 0.6 is 0 Å². The van der Waals surface area contributed by atoms with Crippen LogP contribution in [0.25, 0.3) is 0 Å². The summed E-state index contributed by atoms with van der Waals surface area (Å²) in [5, 5.41) is 7.58. The fraction of sp³-hybridized carbons (Fsp3) is 0.500. The second kappa shape index (κ2) is 7.78. The Morgan fingerprint density at radius 1 is 1.33 bits per heavy atom. The maximum absolute atomic E-state index is 5.70. The predicted molar refractivity (Wildman–Crippen MR) is 83.2 cm³/mol. The standard InChI is InChI=1S/C16H24N4O/c1-13(2)11-20-16(18-12-19-20)10-17-7-8-21-15-6-4-5-14(3)9-15/h4-6,9,12-13,17H,7-8,10-11H2,1-3H3. The first-order chi connectivity index (χ1) is 10.1. The quantitative estimate of drug-likeness (QED) is 0.758. The van der Waals surface area contributed by atoms with Gasteiger partial charge < -0.3 is 10.1 Å². The number of hydrogen-bond donors (Lipinski definition) is 1. The molecule has 2 rings (SSSR count). The summed E-state index contributed by atoms with van der Waals surface area (Å²) in [5.74, 6) is 2.45. The lowest BCUT2D eigenvalue weighted by molar-refractivity contribution is 0.312. The van der Waals surface area contributed by atoms with Gasteiger partial charge in [-0.15, -0.1) is 0 Å². The number of nitrogens with zero attached hydrogens (tertiary/aromatic N) is 3. The minimum atomic E-state index is 0.565. The lowest BCUT2D eigenvalue weighted by atomic mass is 10.2. The number of rotatable bonds is 8. The van der Waals surface area contributed by atoms with Crippen molar-refractivity contribution in [3.8, 4) is 5.75 Å². The van der Waals surface area contributed by atoms with E-state index in [1.54, 1.807) is 6.33 Å². The summed E-state index contributed by atoms with van der Waals surface area (Å²) in [6, 6.07) is 8.09. The van der Waals surface area contributed by atoms with E-state index >= 15 is 0 Å². The Hall–Kier alpha value is -1.88. The molecule has 0 aliphatic heterocycles. The highest BCUT2D eigenvalue weighted by atomic mass is 16.5. The summed E-state index contributed by atoms with van der Waals surface area (Å²) in [6.07, 6.45) is 1.61.